The molecule has 0 rings (SSSR count). The number of hydrogen-bond acceptors (Lipinski definition) is 4. The lowest BCUT2D eigenvalue weighted by atomic mass is 10.2. The summed E-state index contributed by atoms with van der Waals surface area (Å²) in [5.41, 5.74) is -0.490. The molecule has 0 aliphatic heterocycles. The Balaban J connectivity index is 3.45. The Kier molecular flexibility index (Phi) is 5.52. The van der Waals surface area contributed by atoms with Crippen LogP contribution in [0.3, 0.4) is 0 Å². The van der Waals surface area contributed by atoms with Crippen LogP contribution in [0, 0.1) is 0 Å². The van der Waals surface area contributed by atoms with E-state index in [-0.39, 0.29) is 6.61 Å². The van der Waals surface area contributed by atoms with Gasteiger partial charge in [0.25, 0.3) is 0 Å². The van der Waals surface area contributed by atoms with Crippen LogP contribution in [0.1, 0.15) is 20.8 Å². The molecule has 2 N–H and O–H groups in total. The molecule has 0 bridgehead atoms. The highest BCUT2D eigenvalue weighted by Gasteiger charge is 2.15. The molecule has 0 saturated carbocycles. The Bertz CT molecular complexity index is 195. The molecule has 82 valence electrons. The standard InChI is InChI=1S/C9H17NO4/c1-9(2,3)14-8(12)10-4-6-13-7-5-11/h5,7,11H,4,6H2,1-3H3,(H,10,12)/b7-5+. The normalized spacial score (nSPS) is 11.4. The van der Waals surface area contributed by atoms with Crippen molar-refractivity contribution >= 4 is 6.09 Å². The van der Waals surface area contributed by atoms with Gasteiger partial charge in [-0.15, -0.1) is 0 Å². The minimum Gasteiger partial charge on any atom is -0.512 e. The van der Waals surface area contributed by atoms with Gasteiger partial charge in [-0.05, 0) is 20.8 Å². The van der Waals surface area contributed by atoms with Crippen molar-refractivity contribution in [1.29, 1.82) is 0 Å². The maximum Gasteiger partial charge on any atom is 0.407 e. The van der Waals surface area contributed by atoms with E-state index in [0.717, 1.165) is 12.5 Å². The van der Waals surface area contributed by atoms with Crippen LogP contribution in [0.15, 0.2) is 12.5 Å². The van der Waals surface area contributed by atoms with E-state index in [1.807, 2.05) is 0 Å². The number of rotatable bonds is 4. The Morgan fingerprint density at radius 2 is 2.14 bits per heavy atom. The molecule has 0 spiro atoms. The van der Waals surface area contributed by atoms with Gasteiger partial charge in [-0.3, -0.25) is 0 Å². The molecule has 0 saturated heterocycles. The largest absolute Gasteiger partial charge is 0.512 e. The average molecular weight is 203 g/mol. The molecule has 0 aliphatic rings. The maximum atomic E-state index is 11.0. The maximum absolute atomic E-state index is 11.0. The predicted octanol–water partition coefficient (Wildman–Crippen LogP) is 1.56. The molecule has 0 radical (unpaired) electrons. The highest BCUT2D eigenvalue weighted by Crippen LogP contribution is 2.05. The van der Waals surface area contributed by atoms with Crippen molar-refractivity contribution in [2.45, 2.75) is 26.4 Å². The van der Waals surface area contributed by atoms with Crippen LogP contribution in [0.2, 0.25) is 0 Å². The smallest absolute Gasteiger partial charge is 0.407 e. The minimum absolute atomic E-state index is 0.288. The lowest BCUT2D eigenvalue weighted by Crippen LogP contribution is -2.34. The van der Waals surface area contributed by atoms with Crippen LogP contribution in [0.5, 0.6) is 0 Å². The molecule has 1 amide bonds. The van der Waals surface area contributed by atoms with Gasteiger partial charge in [-0.25, -0.2) is 4.79 Å². The fourth-order valence-electron chi connectivity index (χ4n) is 0.637. The quantitative estimate of drug-likeness (QED) is 0.537. The van der Waals surface area contributed by atoms with Gasteiger partial charge in [0.1, 0.15) is 24.7 Å². The highest BCUT2D eigenvalue weighted by molar-refractivity contribution is 5.67. The molecule has 14 heavy (non-hydrogen) atoms. The first-order chi connectivity index (χ1) is 6.45. The van der Waals surface area contributed by atoms with Crippen molar-refractivity contribution in [3.05, 3.63) is 12.5 Å². The predicted molar refractivity (Wildman–Crippen MR) is 52.0 cm³/mol. The summed E-state index contributed by atoms with van der Waals surface area (Å²) >= 11 is 0. The van der Waals surface area contributed by atoms with E-state index in [1.165, 1.54) is 0 Å². The SMILES string of the molecule is CC(C)(C)OC(=O)NCCO/C=C/O. The second-order valence-corrected chi connectivity index (χ2v) is 3.58. The zero-order chi connectivity index (χ0) is 11.0. The number of ether oxygens (including phenoxy) is 2. The van der Waals surface area contributed by atoms with Gasteiger partial charge in [-0.2, -0.15) is 0 Å². The van der Waals surface area contributed by atoms with E-state index in [9.17, 15) is 4.79 Å². The molecule has 0 heterocycles. The van der Waals surface area contributed by atoms with Gasteiger partial charge in [0.05, 0.1) is 6.54 Å². The van der Waals surface area contributed by atoms with E-state index < -0.39 is 11.7 Å². The molecular weight excluding hydrogens is 186 g/mol. The second kappa shape index (κ2) is 6.12. The highest BCUT2D eigenvalue weighted by atomic mass is 16.6. The number of carbonyl (C=O) groups is 1. The lowest BCUT2D eigenvalue weighted by molar-refractivity contribution is 0.0516. The lowest BCUT2D eigenvalue weighted by Gasteiger charge is -2.19. The fourth-order valence-corrected chi connectivity index (χ4v) is 0.637. The summed E-state index contributed by atoms with van der Waals surface area (Å²) in [6, 6.07) is 0. The van der Waals surface area contributed by atoms with Crippen molar-refractivity contribution in [2.75, 3.05) is 13.2 Å². The number of aliphatic hydroxyl groups is 1. The van der Waals surface area contributed by atoms with Crippen LogP contribution in [-0.4, -0.2) is 30.0 Å². The van der Waals surface area contributed by atoms with E-state index in [2.05, 4.69) is 5.32 Å². The number of carbonyl (C=O) groups excluding carboxylic acids is 1. The van der Waals surface area contributed by atoms with Crippen molar-refractivity contribution in [3.8, 4) is 0 Å². The first-order valence-corrected chi connectivity index (χ1v) is 4.33. The summed E-state index contributed by atoms with van der Waals surface area (Å²) in [7, 11) is 0. The van der Waals surface area contributed by atoms with Crippen molar-refractivity contribution in [3.63, 3.8) is 0 Å². The van der Waals surface area contributed by atoms with Gasteiger partial charge < -0.3 is 19.9 Å². The number of hydrogen-bond donors (Lipinski definition) is 2. The summed E-state index contributed by atoms with van der Waals surface area (Å²) in [5, 5.41) is 10.7. The van der Waals surface area contributed by atoms with E-state index in [4.69, 9.17) is 14.6 Å². The van der Waals surface area contributed by atoms with Gasteiger partial charge in [-0.1, -0.05) is 0 Å². The average Bonchev–Trinajstić information content (AvgIpc) is 2.00. The van der Waals surface area contributed by atoms with Crippen LogP contribution < -0.4 is 5.32 Å². The molecule has 0 fully saturated rings. The van der Waals surface area contributed by atoms with Crippen LogP contribution in [0.4, 0.5) is 4.79 Å². The van der Waals surface area contributed by atoms with Crippen LogP contribution >= 0.6 is 0 Å². The van der Waals surface area contributed by atoms with E-state index >= 15 is 0 Å². The Morgan fingerprint density at radius 3 is 2.64 bits per heavy atom. The van der Waals surface area contributed by atoms with E-state index in [1.54, 1.807) is 20.8 Å². The van der Waals surface area contributed by atoms with Crippen molar-refractivity contribution < 1.29 is 19.4 Å². The van der Waals surface area contributed by atoms with Crippen LogP contribution in [-0.2, 0) is 9.47 Å². The van der Waals surface area contributed by atoms with Crippen molar-refractivity contribution in [1.82, 2.24) is 5.32 Å². The number of aliphatic hydroxyl groups excluding tert-OH is 1. The molecule has 0 aromatic heterocycles. The molecular formula is C9H17NO4. The Morgan fingerprint density at radius 1 is 1.50 bits per heavy atom. The van der Waals surface area contributed by atoms with Gasteiger partial charge in [0.2, 0.25) is 0 Å². The second-order valence-electron chi connectivity index (χ2n) is 3.58. The number of alkyl carbamates (subject to hydrolysis) is 1. The third-order valence-corrected chi connectivity index (χ3v) is 1.05. The first-order valence-electron chi connectivity index (χ1n) is 4.33. The fraction of sp³-hybridized carbons (Fsp3) is 0.667. The summed E-state index contributed by atoms with van der Waals surface area (Å²) in [6.45, 7) is 5.99. The number of amides is 1. The molecule has 0 aromatic rings. The molecule has 0 aliphatic carbocycles. The third kappa shape index (κ3) is 8.70. The first kappa shape index (κ1) is 12.6. The zero-order valence-corrected chi connectivity index (χ0v) is 8.74. The van der Waals surface area contributed by atoms with Crippen molar-refractivity contribution in [2.24, 2.45) is 0 Å². The molecule has 0 aromatic carbocycles. The summed E-state index contributed by atoms with van der Waals surface area (Å²) in [5.74, 6) is 0. The Labute approximate surface area is 83.7 Å². The minimum atomic E-state index is -0.490. The van der Waals surface area contributed by atoms with Gasteiger partial charge in [0, 0.05) is 0 Å². The molecule has 5 nitrogen and oxygen atoms in total. The zero-order valence-electron chi connectivity index (χ0n) is 8.74. The summed E-state index contributed by atoms with van der Waals surface area (Å²) in [6.07, 6.45) is 1.44. The van der Waals surface area contributed by atoms with Gasteiger partial charge in [0.15, 0.2) is 0 Å². The molecule has 0 atom stereocenters. The van der Waals surface area contributed by atoms with Gasteiger partial charge >= 0.3 is 6.09 Å². The topological polar surface area (TPSA) is 67.8 Å². The van der Waals surface area contributed by atoms with E-state index in [0.29, 0.717) is 6.54 Å². The molecule has 5 heteroatoms. The summed E-state index contributed by atoms with van der Waals surface area (Å²) < 4.78 is 9.73. The third-order valence-electron chi connectivity index (χ3n) is 1.05. The molecule has 0 unspecified atom stereocenters. The summed E-state index contributed by atoms with van der Waals surface area (Å²) in [4.78, 5) is 11.0. The number of nitrogens with one attached hydrogen (secondary N) is 1. The van der Waals surface area contributed by atoms with Crippen LogP contribution in [0.25, 0.3) is 0 Å². The monoisotopic (exact) mass is 203 g/mol. The Hall–Kier alpha value is -1.39.